The summed E-state index contributed by atoms with van der Waals surface area (Å²) in [6.07, 6.45) is 1.91. The maximum atomic E-state index is 3.67. The second-order valence-corrected chi connectivity index (χ2v) is 4.17. The van der Waals surface area contributed by atoms with Gasteiger partial charge in [-0.15, -0.1) is 6.58 Å². The van der Waals surface area contributed by atoms with E-state index < -0.39 is 0 Å². The van der Waals surface area contributed by atoms with Crippen LogP contribution in [0.25, 0.3) is 0 Å². The predicted octanol–water partition coefficient (Wildman–Crippen LogP) is 0.811. The number of hydrogen-bond acceptors (Lipinski definition) is 3. The van der Waals surface area contributed by atoms with Crippen molar-refractivity contribution in [1.82, 2.24) is 10.2 Å². The molecule has 1 N–H and O–H groups in total. The Morgan fingerprint density at radius 2 is 2.17 bits per heavy atom. The van der Waals surface area contributed by atoms with Crippen molar-refractivity contribution >= 4 is 11.8 Å². The molecule has 0 aromatic carbocycles. The minimum atomic E-state index is 0.933. The van der Waals surface area contributed by atoms with E-state index in [1.165, 1.54) is 31.1 Å². The van der Waals surface area contributed by atoms with E-state index in [1.807, 2.05) is 6.08 Å². The number of nitrogens with one attached hydrogen (secondary N) is 1. The van der Waals surface area contributed by atoms with Gasteiger partial charge in [-0.1, -0.05) is 6.08 Å². The molecule has 0 radical (unpaired) electrons. The molecule has 1 saturated heterocycles. The van der Waals surface area contributed by atoms with E-state index in [9.17, 15) is 0 Å². The molecule has 0 aliphatic carbocycles. The van der Waals surface area contributed by atoms with E-state index in [1.54, 1.807) is 0 Å². The summed E-state index contributed by atoms with van der Waals surface area (Å²) in [5.74, 6) is 2.61. The molecule has 0 aromatic heterocycles. The van der Waals surface area contributed by atoms with Gasteiger partial charge in [0.05, 0.1) is 0 Å². The fraction of sp³-hybridized carbons (Fsp3) is 0.778. The van der Waals surface area contributed by atoms with Crippen LogP contribution in [0.3, 0.4) is 0 Å². The molecule has 0 spiro atoms. The lowest BCUT2D eigenvalue weighted by Crippen LogP contribution is -2.37. The summed E-state index contributed by atoms with van der Waals surface area (Å²) in [7, 11) is 0. The molecule has 1 aliphatic rings. The summed E-state index contributed by atoms with van der Waals surface area (Å²) < 4.78 is 0. The van der Waals surface area contributed by atoms with Gasteiger partial charge in [0.25, 0.3) is 0 Å². The molecule has 0 saturated carbocycles. The summed E-state index contributed by atoms with van der Waals surface area (Å²) in [4.78, 5) is 2.52. The van der Waals surface area contributed by atoms with Crippen LogP contribution in [0.5, 0.6) is 0 Å². The zero-order chi connectivity index (χ0) is 8.65. The minimum absolute atomic E-state index is 0.933. The van der Waals surface area contributed by atoms with E-state index >= 15 is 0 Å². The summed E-state index contributed by atoms with van der Waals surface area (Å²) in [5.41, 5.74) is 0. The summed E-state index contributed by atoms with van der Waals surface area (Å²) in [6, 6.07) is 0. The summed E-state index contributed by atoms with van der Waals surface area (Å²) in [6.45, 7) is 9.41. The second kappa shape index (κ2) is 6.52. The Morgan fingerprint density at radius 3 is 2.83 bits per heavy atom. The SMILES string of the molecule is C=CCNCCN1CCSCC1. The molecule has 0 unspecified atom stereocenters. The van der Waals surface area contributed by atoms with Gasteiger partial charge in [0.1, 0.15) is 0 Å². The quantitative estimate of drug-likeness (QED) is 0.505. The molecule has 0 amide bonds. The van der Waals surface area contributed by atoms with Crippen molar-refractivity contribution in [3.05, 3.63) is 12.7 Å². The Labute approximate surface area is 79.4 Å². The van der Waals surface area contributed by atoms with Crippen LogP contribution in [0.2, 0.25) is 0 Å². The largest absolute Gasteiger partial charge is 0.312 e. The zero-order valence-electron chi connectivity index (χ0n) is 7.59. The molecule has 1 fully saturated rings. The Kier molecular flexibility index (Phi) is 5.48. The van der Waals surface area contributed by atoms with Gasteiger partial charge in [-0.05, 0) is 0 Å². The third-order valence-electron chi connectivity index (χ3n) is 2.00. The molecule has 1 rings (SSSR count). The second-order valence-electron chi connectivity index (χ2n) is 2.95. The zero-order valence-corrected chi connectivity index (χ0v) is 8.41. The first kappa shape index (κ1) is 10.1. The first-order valence-electron chi connectivity index (χ1n) is 4.55. The highest BCUT2D eigenvalue weighted by atomic mass is 32.2. The van der Waals surface area contributed by atoms with E-state index in [-0.39, 0.29) is 0 Å². The molecular weight excluding hydrogens is 168 g/mol. The van der Waals surface area contributed by atoms with E-state index in [4.69, 9.17) is 0 Å². The lowest BCUT2D eigenvalue weighted by atomic mass is 10.4. The molecule has 3 heteroatoms. The van der Waals surface area contributed by atoms with Crippen molar-refractivity contribution in [2.45, 2.75) is 0 Å². The molecule has 2 nitrogen and oxygen atoms in total. The summed E-state index contributed by atoms with van der Waals surface area (Å²) >= 11 is 2.06. The number of hydrogen-bond donors (Lipinski definition) is 1. The van der Waals surface area contributed by atoms with Gasteiger partial charge in [0, 0.05) is 44.2 Å². The van der Waals surface area contributed by atoms with Gasteiger partial charge in [-0.3, -0.25) is 0 Å². The van der Waals surface area contributed by atoms with Crippen molar-refractivity contribution in [2.24, 2.45) is 0 Å². The summed E-state index contributed by atoms with van der Waals surface area (Å²) in [5, 5.41) is 3.32. The van der Waals surface area contributed by atoms with Crippen LogP contribution in [-0.2, 0) is 0 Å². The molecule has 12 heavy (non-hydrogen) atoms. The first-order chi connectivity index (χ1) is 5.93. The lowest BCUT2D eigenvalue weighted by molar-refractivity contribution is 0.303. The third kappa shape index (κ3) is 4.14. The van der Waals surface area contributed by atoms with Gasteiger partial charge < -0.3 is 10.2 Å². The molecular formula is C9H18N2S. The van der Waals surface area contributed by atoms with Gasteiger partial charge >= 0.3 is 0 Å². The first-order valence-corrected chi connectivity index (χ1v) is 5.70. The van der Waals surface area contributed by atoms with Crippen LogP contribution >= 0.6 is 11.8 Å². The van der Waals surface area contributed by atoms with Gasteiger partial charge in [-0.2, -0.15) is 11.8 Å². The number of thioether (sulfide) groups is 1. The van der Waals surface area contributed by atoms with E-state index in [0.717, 1.165) is 13.1 Å². The van der Waals surface area contributed by atoms with Crippen molar-refractivity contribution < 1.29 is 0 Å². The molecule has 0 atom stereocenters. The van der Waals surface area contributed by atoms with E-state index in [0.29, 0.717) is 0 Å². The van der Waals surface area contributed by atoms with Crippen LogP contribution in [0.15, 0.2) is 12.7 Å². The average Bonchev–Trinajstić information content (AvgIpc) is 2.14. The molecule has 0 bridgehead atoms. The highest BCUT2D eigenvalue weighted by molar-refractivity contribution is 7.99. The van der Waals surface area contributed by atoms with Crippen molar-refractivity contribution in [1.29, 1.82) is 0 Å². The third-order valence-corrected chi connectivity index (χ3v) is 2.94. The minimum Gasteiger partial charge on any atom is -0.312 e. The monoisotopic (exact) mass is 186 g/mol. The smallest absolute Gasteiger partial charge is 0.0132 e. The topological polar surface area (TPSA) is 15.3 Å². The molecule has 0 aromatic rings. The van der Waals surface area contributed by atoms with Gasteiger partial charge in [-0.25, -0.2) is 0 Å². The maximum absolute atomic E-state index is 3.67. The predicted molar refractivity (Wildman–Crippen MR) is 56.8 cm³/mol. The van der Waals surface area contributed by atoms with Crippen molar-refractivity contribution in [3.8, 4) is 0 Å². The molecule has 1 heterocycles. The van der Waals surface area contributed by atoms with Crippen LogP contribution in [0.4, 0.5) is 0 Å². The Hall–Kier alpha value is 0.0100. The van der Waals surface area contributed by atoms with Crippen LogP contribution < -0.4 is 5.32 Å². The Bertz CT molecular complexity index is 122. The number of rotatable bonds is 5. The Morgan fingerprint density at radius 1 is 1.42 bits per heavy atom. The van der Waals surface area contributed by atoms with Gasteiger partial charge in [0.2, 0.25) is 0 Å². The molecule has 70 valence electrons. The van der Waals surface area contributed by atoms with Gasteiger partial charge in [0.15, 0.2) is 0 Å². The maximum Gasteiger partial charge on any atom is 0.0132 e. The van der Waals surface area contributed by atoms with E-state index in [2.05, 4.69) is 28.6 Å². The average molecular weight is 186 g/mol. The normalized spacial score (nSPS) is 19.3. The molecule has 1 aliphatic heterocycles. The lowest BCUT2D eigenvalue weighted by Gasteiger charge is -2.25. The fourth-order valence-electron chi connectivity index (χ4n) is 1.27. The highest BCUT2D eigenvalue weighted by Crippen LogP contribution is 2.07. The van der Waals surface area contributed by atoms with Crippen LogP contribution in [0.1, 0.15) is 0 Å². The van der Waals surface area contributed by atoms with Crippen LogP contribution in [-0.4, -0.2) is 49.1 Å². The fourth-order valence-corrected chi connectivity index (χ4v) is 2.24. The Balaban J connectivity index is 1.94. The standard InChI is InChI=1S/C9H18N2S/c1-2-3-10-4-5-11-6-8-12-9-7-11/h2,10H,1,3-9H2. The van der Waals surface area contributed by atoms with Crippen molar-refractivity contribution in [3.63, 3.8) is 0 Å². The van der Waals surface area contributed by atoms with Crippen LogP contribution in [0, 0.1) is 0 Å². The highest BCUT2D eigenvalue weighted by Gasteiger charge is 2.08. The van der Waals surface area contributed by atoms with Crippen molar-refractivity contribution in [2.75, 3.05) is 44.2 Å². The number of nitrogens with zero attached hydrogens (tertiary/aromatic N) is 1.